The monoisotopic (exact) mass is 518 g/mol. The first-order valence-corrected chi connectivity index (χ1v) is 11.9. The predicted octanol–water partition coefficient (Wildman–Crippen LogP) is 6.05. The molecule has 1 aliphatic rings. The summed E-state index contributed by atoms with van der Waals surface area (Å²) >= 11 is 12.5. The van der Waals surface area contributed by atoms with Crippen LogP contribution in [0.3, 0.4) is 0 Å². The van der Waals surface area contributed by atoms with E-state index in [9.17, 15) is 13.6 Å². The van der Waals surface area contributed by atoms with Crippen molar-refractivity contribution in [1.29, 1.82) is 0 Å². The van der Waals surface area contributed by atoms with Gasteiger partial charge in [0.1, 0.15) is 6.54 Å². The zero-order valence-corrected chi connectivity index (χ0v) is 20.5. The second kappa shape index (κ2) is 9.20. The van der Waals surface area contributed by atoms with Crippen LogP contribution >= 0.6 is 23.2 Å². The number of anilines is 1. The molecule has 1 aliphatic carbocycles. The molecule has 35 heavy (non-hydrogen) atoms. The van der Waals surface area contributed by atoms with E-state index in [1.165, 1.54) is 10.7 Å². The fraction of sp³-hybridized carbons (Fsp3) is 0.333. The Kier molecular flexibility index (Phi) is 6.23. The van der Waals surface area contributed by atoms with Crippen LogP contribution < -0.4 is 5.32 Å². The lowest BCUT2D eigenvalue weighted by atomic mass is 10.1. The third kappa shape index (κ3) is 4.75. The molecule has 0 atom stereocenters. The molecule has 3 aromatic heterocycles. The van der Waals surface area contributed by atoms with Crippen molar-refractivity contribution in [2.45, 2.75) is 52.1 Å². The number of alkyl halides is 2. The van der Waals surface area contributed by atoms with Gasteiger partial charge in [0.25, 0.3) is 6.43 Å². The molecular formula is C24H22Cl2F2N6O. The van der Waals surface area contributed by atoms with Gasteiger partial charge in [-0.3, -0.25) is 9.48 Å². The maximum Gasteiger partial charge on any atom is 0.264 e. The number of aromatic nitrogens is 5. The van der Waals surface area contributed by atoms with Gasteiger partial charge in [-0.05, 0) is 44.9 Å². The van der Waals surface area contributed by atoms with Gasteiger partial charge in [-0.15, -0.1) is 0 Å². The van der Waals surface area contributed by atoms with E-state index in [1.807, 2.05) is 6.92 Å². The average molecular weight is 519 g/mol. The molecule has 1 amide bonds. The van der Waals surface area contributed by atoms with E-state index in [0.717, 1.165) is 24.1 Å². The molecule has 0 spiro atoms. The quantitative estimate of drug-likeness (QED) is 0.322. The number of rotatable bonds is 7. The average Bonchev–Trinajstić information content (AvgIpc) is 3.53. The number of pyridine rings is 1. The number of nitrogens with zero attached hydrogens (tertiary/aromatic N) is 5. The Balaban J connectivity index is 1.37. The Bertz CT molecular complexity index is 1420. The number of nitrogens with one attached hydrogen (secondary N) is 1. The number of fused-ring (bicyclic) bond motifs is 1. The van der Waals surface area contributed by atoms with Crippen molar-refractivity contribution in [3.05, 3.63) is 68.6 Å². The lowest BCUT2D eigenvalue weighted by Crippen LogP contribution is -2.20. The number of benzene rings is 1. The van der Waals surface area contributed by atoms with Gasteiger partial charge in [0.15, 0.2) is 11.5 Å². The third-order valence-corrected chi connectivity index (χ3v) is 6.78. The Morgan fingerprint density at radius 2 is 1.86 bits per heavy atom. The van der Waals surface area contributed by atoms with Crippen LogP contribution in [0.15, 0.2) is 30.3 Å². The fourth-order valence-corrected chi connectivity index (χ4v) is 4.68. The number of halogens is 4. The molecule has 0 aliphatic heterocycles. The first kappa shape index (κ1) is 23.7. The summed E-state index contributed by atoms with van der Waals surface area (Å²) in [5.74, 6) is 0.142. The molecule has 0 saturated heterocycles. The van der Waals surface area contributed by atoms with Gasteiger partial charge in [0, 0.05) is 44.5 Å². The third-order valence-electron chi connectivity index (χ3n) is 6.07. The smallest absolute Gasteiger partial charge is 0.264 e. The minimum atomic E-state index is -2.65. The summed E-state index contributed by atoms with van der Waals surface area (Å²) < 4.78 is 30.6. The van der Waals surface area contributed by atoms with Crippen LogP contribution in [0.5, 0.6) is 0 Å². The lowest BCUT2D eigenvalue weighted by molar-refractivity contribution is -0.116. The maximum atomic E-state index is 13.8. The predicted molar refractivity (Wildman–Crippen MR) is 130 cm³/mol. The molecule has 1 saturated carbocycles. The maximum absolute atomic E-state index is 13.8. The summed E-state index contributed by atoms with van der Waals surface area (Å²) in [5.41, 5.74) is 2.78. The highest BCUT2D eigenvalue weighted by molar-refractivity contribution is 6.36. The Hall–Kier alpha value is -3.04. The molecular weight excluding hydrogens is 497 g/mol. The molecule has 182 valence electrons. The van der Waals surface area contributed by atoms with Crippen LogP contribution in [0.2, 0.25) is 10.0 Å². The molecule has 11 heteroatoms. The highest BCUT2D eigenvalue weighted by Gasteiger charge is 2.29. The molecule has 7 nitrogen and oxygen atoms in total. The topological polar surface area (TPSA) is 77.6 Å². The summed E-state index contributed by atoms with van der Waals surface area (Å²) in [6.07, 6.45) is -0.798. The largest absolute Gasteiger partial charge is 0.308 e. The van der Waals surface area contributed by atoms with E-state index in [1.54, 1.807) is 35.9 Å². The van der Waals surface area contributed by atoms with Crippen molar-refractivity contribution in [3.63, 3.8) is 0 Å². The van der Waals surface area contributed by atoms with Gasteiger partial charge in [-0.2, -0.15) is 10.2 Å². The van der Waals surface area contributed by atoms with Crippen LogP contribution in [0.1, 0.15) is 53.4 Å². The molecule has 5 rings (SSSR count). The van der Waals surface area contributed by atoms with Gasteiger partial charge in [0.05, 0.1) is 17.6 Å². The van der Waals surface area contributed by atoms with E-state index < -0.39 is 12.3 Å². The van der Waals surface area contributed by atoms with Gasteiger partial charge in [0.2, 0.25) is 5.91 Å². The Morgan fingerprint density at radius 3 is 2.51 bits per heavy atom. The number of carbonyl (C=O) groups excluding carboxylic acids is 1. The van der Waals surface area contributed by atoms with E-state index in [0.29, 0.717) is 44.8 Å². The molecule has 1 aromatic carbocycles. The molecule has 0 radical (unpaired) electrons. The number of amides is 1. The van der Waals surface area contributed by atoms with Crippen LogP contribution in [-0.4, -0.2) is 30.5 Å². The van der Waals surface area contributed by atoms with Crippen LogP contribution in [0, 0.1) is 13.8 Å². The summed E-state index contributed by atoms with van der Waals surface area (Å²) in [6.45, 7) is 3.66. The molecule has 4 aromatic rings. The molecule has 1 fully saturated rings. The van der Waals surface area contributed by atoms with Crippen molar-refractivity contribution in [2.24, 2.45) is 0 Å². The summed E-state index contributed by atoms with van der Waals surface area (Å²) in [6, 6.07) is 8.48. The zero-order chi connectivity index (χ0) is 24.9. The minimum Gasteiger partial charge on any atom is -0.308 e. The molecule has 3 heterocycles. The van der Waals surface area contributed by atoms with E-state index in [-0.39, 0.29) is 18.0 Å². The molecule has 0 bridgehead atoms. The van der Waals surface area contributed by atoms with E-state index in [2.05, 4.69) is 20.5 Å². The molecule has 1 N–H and O–H groups in total. The highest BCUT2D eigenvalue weighted by atomic mass is 35.5. The van der Waals surface area contributed by atoms with Crippen molar-refractivity contribution in [3.8, 4) is 0 Å². The summed E-state index contributed by atoms with van der Waals surface area (Å²) in [4.78, 5) is 17.4. The first-order valence-electron chi connectivity index (χ1n) is 11.1. The number of hydrogen-bond acceptors (Lipinski definition) is 4. The normalized spacial score (nSPS) is 13.7. The van der Waals surface area contributed by atoms with Crippen molar-refractivity contribution >= 4 is 46.0 Å². The van der Waals surface area contributed by atoms with Gasteiger partial charge in [-0.25, -0.2) is 18.4 Å². The van der Waals surface area contributed by atoms with Gasteiger partial charge >= 0.3 is 0 Å². The Labute approximate surface area is 210 Å². The second-order valence-electron chi connectivity index (χ2n) is 8.73. The summed E-state index contributed by atoms with van der Waals surface area (Å²) in [5, 5.41) is 12.9. The number of aryl methyl sites for hydroxylation is 2. The first-order chi connectivity index (χ1) is 16.7. The number of carbonyl (C=O) groups is 1. The minimum absolute atomic E-state index is 0.0892. The van der Waals surface area contributed by atoms with Crippen LogP contribution in [-0.2, 0) is 17.9 Å². The van der Waals surface area contributed by atoms with E-state index >= 15 is 0 Å². The van der Waals surface area contributed by atoms with Crippen molar-refractivity contribution < 1.29 is 13.6 Å². The van der Waals surface area contributed by atoms with Crippen molar-refractivity contribution in [1.82, 2.24) is 24.5 Å². The van der Waals surface area contributed by atoms with Crippen molar-refractivity contribution in [2.75, 3.05) is 5.32 Å². The number of hydrogen-bond donors (Lipinski definition) is 1. The summed E-state index contributed by atoms with van der Waals surface area (Å²) in [7, 11) is 0. The molecule has 0 unspecified atom stereocenters. The SMILES string of the molecule is Cc1nn(CC(=O)Nc2cc(C)n(Cc3c(Cl)cccc3Cl)n2)c2nc(C3CC3)cc(C(F)F)c12. The highest BCUT2D eigenvalue weighted by Crippen LogP contribution is 2.42. The lowest BCUT2D eigenvalue weighted by Gasteiger charge is -2.09. The fourth-order valence-electron chi connectivity index (χ4n) is 4.16. The van der Waals surface area contributed by atoms with Crippen LogP contribution in [0.4, 0.5) is 14.6 Å². The zero-order valence-electron chi connectivity index (χ0n) is 19.0. The van der Waals surface area contributed by atoms with E-state index in [4.69, 9.17) is 23.2 Å². The van der Waals surface area contributed by atoms with Crippen LogP contribution in [0.25, 0.3) is 11.0 Å². The Morgan fingerprint density at radius 1 is 1.14 bits per heavy atom. The van der Waals surface area contributed by atoms with Gasteiger partial charge in [-0.1, -0.05) is 29.3 Å². The standard InChI is InChI=1S/C24H22Cl2F2N6O/c1-12-8-20(32-33(12)10-16-17(25)4-3-5-18(16)26)30-21(35)11-34-24-22(13(2)31-34)15(23(27)28)9-19(29-24)14-6-7-14/h3-5,8-9,14,23H,6-7,10-11H2,1-2H3,(H,30,32,35). The second-order valence-corrected chi connectivity index (χ2v) is 9.54. The van der Waals surface area contributed by atoms with Gasteiger partial charge < -0.3 is 5.32 Å².